The van der Waals surface area contributed by atoms with Crippen molar-refractivity contribution < 1.29 is 24.2 Å². The molecule has 0 atom stereocenters. The number of carboxylic acids is 1. The minimum absolute atomic E-state index is 0.125. The van der Waals surface area contributed by atoms with Crippen molar-refractivity contribution in [3.8, 4) is 11.5 Å². The Hall–Kier alpha value is -3.12. The first-order chi connectivity index (χ1) is 13.5. The Morgan fingerprint density at radius 1 is 0.893 bits per heavy atom. The maximum absolute atomic E-state index is 12.3. The Kier molecular flexibility index (Phi) is 6.45. The number of ether oxygens (including phenoxy) is 2. The number of carbonyl (C=O) groups excluding carboxylic acids is 1. The Balaban J connectivity index is 1.59. The van der Waals surface area contributed by atoms with Crippen LogP contribution < -0.4 is 9.47 Å². The Bertz CT molecular complexity index is 968. The van der Waals surface area contributed by atoms with Crippen molar-refractivity contribution in [2.45, 2.75) is 6.42 Å². The van der Waals surface area contributed by atoms with E-state index in [0.717, 1.165) is 6.42 Å². The van der Waals surface area contributed by atoms with Crippen LogP contribution in [-0.2, 0) is 6.42 Å². The van der Waals surface area contributed by atoms with E-state index in [4.69, 9.17) is 14.6 Å². The Morgan fingerprint density at radius 3 is 2.21 bits per heavy atom. The van der Waals surface area contributed by atoms with Gasteiger partial charge in [0.2, 0.25) is 0 Å². The summed E-state index contributed by atoms with van der Waals surface area (Å²) in [5.74, 6) is -0.670. The summed E-state index contributed by atoms with van der Waals surface area (Å²) in [5.41, 5.74) is 1.66. The fourth-order valence-corrected chi connectivity index (χ4v) is 2.99. The molecule has 0 bridgehead atoms. The van der Waals surface area contributed by atoms with E-state index in [-0.39, 0.29) is 11.3 Å². The van der Waals surface area contributed by atoms with Crippen LogP contribution in [0.3, 0.4) is 0 Å². The lowest BCUT2D eigenvalue weighted by atomic mass is 10.2. The first kappa shape index (κ1) is 19.6. The van der Waals surface area contributed by atoms with Crippen molar-refractivity contribution in [2.75, 3.05) is 6.61 Å². The van der Waals surface area contributed by atoms with Gasteiger partial charge in [-0.15, -0.1) is 0 Å². The van der Waals surface area contributed by atoms with Crippen molar-refractivity contribution in [3.05, 3.63) is 94.0 Å². The van der Waals surface area contributed by atoms with Gasteiger partial charge < -0.3 is 14.6 Å². The molecule has 3 aromatic carbocycles. The predicted molar refractivity (Wildman–Crippen MR) is 108 cm³/mol. The summed E-state index contributed by atoms with van der Waals surface area (Å²) in [7, 11) is 0. The molecule has 0 unspecified atom stereocenters. The summed E-state index contributed by atoms with van der Waals surface area (Å²) < 4.78 is 11.7. The highest BCUT2D eigenvalue weighted by Gasteiger charge is 2.12. The molecule has 3 aromatic rings. The van der Waals surface area contributed by atoms with Crippen molar-refractivity contribution in [2.24, 2.45) is 0 Å². The molecule has 0 aromatic heterocycles. The molecular weight excluding hydrogens is 424 g/mol. The van der Waals surface area contributed by atoms with E-state index < -0.39 is 11.9 Å². The van der Waals surface area contributed by atoms with Crippen LogP contribution >= 0.6 is 15.9 Å². The van der Waals surface area contributed by atoms with Crippen molar-refractivity contribution in [1.82, 2.24) is 0 Å². The van der Waals surface area contributed by atoms with Crippen LogP contribution in [0.5, 0.6) is 11.5 Å². The summed E-state index contributed by atoms with van der Waals surface area (Å²) >= 11 is 3.41. The lowest BCUT2D eigenvalue weighted by molar-refractivity contribution is 0.0696. The van der Waals surface area contributed by atoms with Gasteiger partial charge in [0.15, 0.2) is 0 Å². The Labute approximate surface area is 170 Å². The van der Waals surface area contributed by atoms with E-state index in [9.17, 15) is 9.59 Å². The summed E-state index contributed by atoms with van der Waals surface area (Å²) in [6.45, 7) is 0.516. The molecule has 3 rings (SSSR count). The van der Waals surface area contributed by atoms with E-state index >= 15 is 0 Å². The molecule has 142 valence electrons. The molecular formula is C22H17BrO5. The summed E-state index contributed by atoms with van der Waals surface area (Å²) in [5, 5.41) is 8.89. The van der Waals surface area contributed by atoms with Gasteiger partial charge in [0.1, 0.15) is 11.5 Å². The standard InChI is InChI=1S/C22H17BrO5/c23-19-14-17(22(26)28-18-9-6-16(7-10-18)21(24)25)8-11-20(19)27-13-12-15-4-2-1-3-5-15/h1-11,14H,12-13H2,(H,24,25). The van der Waals surface area contributed by atoms with Gasteiger partial charge in [-0.25, -0.2) is 9.59 Å². The number of esters is 1. The molecule has 6 heteroatoms. The molecule has 0 amide bonds. The van der Waals surface area contributed by atoms with Gasteiger partial charge in [0.05, 0.1) is 22.2 Å². The van der Waals surface area contributed by atoms with Crippen LogP contribution in [0.2, 0.25) is 0 Å². The molecule has 5 nitrogen and oxygen atoms in total. The lowest BCUT2D eigenvalue weighted by Crippen LogP contribution is -2.09. The quantitative estimate of drug-likeness (QED) is 0.413. The third-order valence-electron chi connectivity index (χ3n) is 3.97. The lowest BCUT2D eigenvalue weighted by Gasteiger charge is -2.10. The van der Waals surface area contributed by atoms with Crippen molar-refractivity contribution in [1.29, 1.82) is 0 Å². The summed E-state index contributed by atoms with van der Waals surface area (Å²) in [4.78, 5) is 23.2. The second-order valence-electron chi connectivity index (χ2n) is 5.95. The zero-order valence-corrected chi connectivity index (χ0v) is 16.4. The topological polar surface area (TPSA) is 72.8 Å². The maximum atomic E-state index is 12.3. The largest absolute Gasteiger partial charge is 0.492 e. The number of halogens is 1. The fourth-order valence-electron chi connectivity index (χ4n) is 2.50. The molecule has 28 heavy (non-hydrogen) atoms. The number of aromatic carboxylic acids is 1. The van der Waals surface area contributed by atoms with Gasteiger partial charge in [-0.3, -0.25) is 0 Å². The molecule has 0 spiro atoms. The Morgan fingerprint density at radius 2 is 1.57 bits per heavy atom. The highest BCUT2D eigenvalue weighted by molar-refractivity contribution is 9.10. The van der Waals surface area contributed by atoms with E-state index in [1.165, 1.54) is 29.8 Å². The van der Waals surface area contributed by atoms with Crippen LogP contribution in [-0.4, -0.2) is 23.7 Å². The third-order valence-corrected chi connectivity index (χ3v) is 4.59. The van der Waals surface area contributed by atoms with Crippen LogP contribution in [0.1, 0.15) is 26.3 Å². The number of rotatable bonds is 7. The number of hydrogen-bond acceptors (Lipinski definition) is 4. The molecule has 0 aliphatic carbocycles. The SMILES string of the molecule is O=C(O)c1ccc(OC(=O)c2ccc(OCCc3ccccc3)c(Br)c2)cc1. The molecule has 0 heterocycles. The molecule has 0 saturated heterocycles. The zero-order chi connectivity index (χ0) is 19.9. The van der Waals surface area contributed by atoms with E-state index in [1.807, 2.05) is 30.3 Å². The summed E-state index contributed by atoms with van der Waals surface area (Å²) in [6.07, 6.45) is 0.781. The minimum Gasteiger partial charge on any atom is -0.492 e. The van der Waals surface area contributed by atoms with Crippen LogP contribution in [0.4, 0.5) is 0 Å². The average Bonchev–Trinajstić information content (AvgIpc) is 2.70. The number of hydrogen-bond donors (Lipinski definition) is 1. The smallest absolute Gasteiger partial charge is 0.343 e. The first-order valence-corrected chi connectivity index (χ1v) is 9.34. The predicted octanol–water partition coefficient (Wildman–Crippen LogP) is 4.99. The molecule has 0 saturated carbocycles. The van der Waals surface area contributed by atoms with Gasteiger partial charge >= 0.3 is 11.9 Å². The van der Waals surface area contributed by atoms with Crippen LogP contribution in [0.25, 0.3) is 0 Å². The van der Waals surface area contributed by atoms with Crippen molar-refractivity contribution in [3.63, 3.8) is 0 Å². The highest BCUT2D eigenvalue weighted by atomic mass is 79.9. The van der Waals surface area contributed by atoms with Gasteiger partial charge in [0.25, 0.3) is 0 Å². The fraction of sp³-hybridized carbons (Fsp3) is 0.0909. The van der Waals surface area contributed by atoms with Crippen LogP contribution in [0.15, 0.2) is 77.3 Å². The third kappa shape index (κ3) is 5.20. The van der Waals surface area contributed by atoms with Crippen molar-refractivity contribution >= 4 is 27.9 Å². The van der Waals surface area contributed by atoms with Gasteiger partial charge in [0, 0.05) is 6.42 Å². The van der Waals surface area contributed by atoms with E-state index in [0.29, 0.717) is 22.4 Å². The highest BCUT2D eigenvalue weighted by Crippen LogP contribution is 2.27. The molecule has 0 fully saturated rings. The van der Waals surface area contributed by atoms with Gasteiger partial charge in [-0.1, -0.05) is 30.3 Å². The molecule has 0 radical (unpaired) electrons. The monoisotopic (exact) mass is 440 g/mol. The van der Waals surface area contributed by atoms with E-state index in [2.05, 4.69) is 15.9 Å². The second-order valence-corrected chi connectivity index (χ2v) is 6.80. The minimum atomic E-state index is -1.04. The number of carbonyl (C=O) groups is 2. The molecule has 0 aliphatic heterocycles. The molecule has 1 N–H and O–H groups in total. The summed E-state index contributed by atoms with van der Waals surface area (Å²) in [6, 6.07) is 20.6. The zero-order valence-electron chi connectivity index (χ0n) is 14.8. The first-order valence-electron chi connectivity index (χ1n) is 8.55. The number of benzene rings is 3. The van der Waals surface area contributed by atoms with Gasteiger partial charge in [-0.05, 0) is 64.0 Å². The maximum Gasteiger partial charge on any atom is 0.343 e. The van der Waals surface area contributed by atoms with E-state index in [1.54, 1.807) is 18.2 Å². The second kappa shape index (κ2) is 9.19. The average molecular weight is 441 g/mol. The normalized spacial score (nSPS) is 10.3. The van der Waals surface area contributed by atoms with Gasteiger partial charge in [-0.2, -0.15) is 0 Å². The molecule has 0 aliphatic rings. The van der Waals surface area contributed by atoms with Crippen LogP contribution in [0, 0.1) is 0 Å². The number of carboxylic acid groups (broad SMARTS) is 1.